The van der Waals surface area contributed by atoms with E-state index >= 15 is 0 Å². The van der Waals surface area contributed by atoms with Crippen LogP contribution >= 0.6 is 11.6 Å². The van der Waals surface area contributed by atoms with Gasteiger partial charge in [0.05, 0.1) is 11.6 Å². The van der Waals surface area contributed by atoms with Crippen molar-refractivity contribution in [3.8, 4) is 0 Å². The Bertz CT molecular complexity index is 1160. The number of nitrogens with zero attached hydrogens (tertiary/aromatic N) is 4. The molecule has 1 aromatic carbocycles. The molecule has 0 saturated carbocycles. The van der Waals surface area contributed by atoms with Crippen molar-refractivity contribution in [2.45, 2.75) is 64.4 Å². The average Bonchev–Trinajstić information content (AvgIpc) is 3.38. The number of aromatic nitrogens is 2. The lowest BCUT2D eigenvalue weighted by atomic mass is 9.90. The standard InChI is InChI=1S/C24H28ClF3N4O3/c1-23(2,3)35-22(34)32-8-5-6-19(32)16-11-15(25)10-14-7-9-31(13-17(14)16)21(33)18-12-30(4)29-20(18)24(26,27)28/h10-12,19H,5-9,13H2,1-4H3/t19-/m0/s1. The molecule has 1 fully saturated rings. The lowest BCUT2D eigenvalue weighted by Gasteiger charge is -2.34. The number of halogens is 4. The van der Waals surface area contributed by atoms with Crippen LogP contribution in [0.1, 0.15) is 72.4 Å². The topological polar surface area (TPSA) is 67.7 Å². The van der Waals surface area contributed by atoms with E-state index in [2.05, 4.69) is 5.10 Å². The quantitative estimate of drug-likeness (QED) is 0.543. The van der Waals surface area contributed by atoms with E-state index in [4.69, 9.17) is 16.3 Å². The summed E-state index contributed by atoms with van der Waals surface area (Å²) in [5.74, 6) is -0.729. The van der Waals surface area contributed by atoms with Gasteiger partial charge < -0.3 is 14.5 Å². The minimum absolute atomic E-state index is 0.117. The Morgan fingerprint density at radius 3 is 2.54 bits per heavy atom. The lowest BCUT2D eigenvalue weighted by Crippen LogP contribution is -2.39. The van der Waals surface area contributed by atoms with Gasteiger partial charge in [0.1, 0.15) is 5.60 Å². The van der Waals surface area contributed by atoms with E-state index in [-0.39, 0.29) is 19.1 Å². The Morgan fingerprint density at radius 2 is 1.89 bits per heavy atom. The van der Waals surface area contributed by atoms with E-state index in [1.165, 1.54) is 11.9 Å². The largest absolute Gasteiger partial charge is 0.444 e. The van der Waals surface area contributed by atoms with E-state index in [9.17, 15) is 22.8 Å². The fourth-order valence-corrected chi connectivity index (χ4v) is 5.03. The average molecular weight is 513 g/mol. The maximum absolute atomic E-state index is 13.5. The van der Waals surface area contributed by atoms with Crippen molar-refractivity contribution in [2.24, 2.45) is 7.05 Å². The number of hydrogen-bond acceptors (Lipinski definition) is 4. The van der Waals surface area contributed by atoms with Gasteiger partial charge in [-0.05, 0) is 68.9 Å². The molecule has 2 aromatic rings. The molecule has 1 atom stereocenters. The molecule has 2 aliphatic heterocycles. The summed E-state index contributed by atoms with van der Waals surface area (Å²) >= 11 is 6.41. The van der Waals surface area contributed by atoms with Crippen LogP contribution < -0.4 is 0 Å². The van der Waals surface area contributed by atoms with Crippen LogP contribution in [0, 0.1) is 0 Å². The van der Waals surface area contributed by atoms with Gasteiger partial charge in [0.25, 0.3) is 5.91 Å². The van der Waals surface area contributed by atoms with Crippen molar-refractivity contribution in [3.05, 3.63) is 51.3 Å². The number of alkyl halides is 3. The van der Waals surface area contributed by atoms with E-state index in [0.29, 0.717) is 24.4 Å². The van der Waals surface area contributed by atoms with E-state index in [1.807, 2.05) is 6.07 Å². The highest BCUT2D eigenvalue weighted by atomic mass is 35.5. The summed E-state index contributed by atoms with van der Waals surface area (Å²) in [5, 5.41) is 3.98. The normalized spacial score (nSPS) is 18.6. The minimum atomic E-state index is -4.74. The summed E-state index contributed by atoms with van der Waals surface area (Å²) in [4.78, 5) is 29.1. The summed E-state index contributed by atoms with van der Waals surface area (Å²) < 4.78 is 47.0. The second-order valence-corrected chi connectivity index (χ2v) is 10.4. The molecule has 0 radical (unpaired) electrons. The van der Waals surface area contributed by atoms with Crippen LogP contribution in [0.15, 0.2) is 18.3 Å². The highest BCUT2D eigenvalue weighted by molar-refractivity contribution is 6.30. The lowest BCUT2D eigenvalue weighted by molar-refractivity contribution is -0.141. The highest BCUT2D eigenvalue weighted by Crippen LogP contribution is 2.40. The summed E-state index contributed by atoms with van der Waals surface area (Å²) in [5.41, 5.74) is 0.216. The van der Waals surface area contributed by atoms with Crippen molar-refractivity contribution in [1.82, 2.24) is 19.6 Å². The molecule has 0 spiro atoms. The first-order chi connectivity index (χ1) is 16.2. The van der Waals surface area contributed by atoms with Gasteiger partial charge in [0.2, 0.25) is 0 Å². The number of amides is 2. The van der Waals surface area contributed by atoms with Crippen LogP contribution in [0.5, 0.6) is 0 Å². The van der Waals surface area contributed by atoms with Gasteiger partial charge in [0.15, 0.2) is 5.69 Å². The zero-order valence-corrected chi connectivity index (χ0v) is 20.8. The van der Waals surface area contributed by atoms with E-state index < -0.39 is 35.0 Å². The first-order valence-electron chi connectivity index (χ1n) is 11.5. The van der Waals surface area contributed by atoms with E-state index in [0.717, 1.165) is 34.0 Å². The number of benzene rings is 1. The number of ether oxygens (including phenoxy) is 1. The molecule has 0 aliphatic carbocycles. The Hall–Kier alpha value is -2.75. The molecule has 2 amide bonds. The number of likely N-dealkylation sites (tertiary alicyclic amines) is 1. The van der Waals surface area contributed by atoms with Crippen LogP contribution in [0.3, 0.4) is 0 Å². The number of rotatable bonds is 2. The third kappa shape index (κ3) is 5.27. The fourth-order valence-electron chi connectivity index (χ4n) is 4.78. The smallest absolute Gasteiger partial charge is 0.435 e. The summed E-state index contributed by atoms with van der Waals surface area (Å²) in [6, 6.07) is 3.31. The second-order valence-electron chi connectivity index (χ2n) is 10.0. The maximum Gasteiger partial charge on any atom is 0.435 e. The Balaban J connectivity index is 1.66. The van der Waals surface area contributed by atoms with Gasteiger partial charge in [-0.25, -0.2) is 4.79 Å². The molecule has 35 heavy (non-hydrogen) atoms. The van der Waals surface area contributed by atoms with Gasteiger partial charge in [-0.15, -0.1) is 0 Å². The number of carbonyl (C=O) groups is 2. The van der Waals surface area contributed by atoms with Gasteiger partial charge >= 0.3 is 12.3 Å². The molecular weight excluding hydrogens is 485 g/mol. The Labute approximate surface area is 206 Å². The summed E-state index contributed by atoms with van der Waals surface area (Å²) in [6.07, 6.45) is -2.15. The highest BCUT2D eigenvalue weighted by Gasteiger charge is 2.41. The molecule has 0 N–H and O–H groups in total. The molecule has 7 nitrogen and oxygen atoms in total. The fraction of sp³-hybridized carbons (Fsp3) is 0.542. The first-order valence-corrected chi connectivity index (χ1v) is 11.8. The molecule has 1 saturated heterocycles. The van der Waals surface area contributed by atoms with Crippen LogP contribution in [0.2, 0.25) is 5.02 Å². The van der Waals surface area contributed by atoms with Crippen molar-refractivity contribution in [3.63, 3.8) is 0 Å². The van der Waals surface area contributed by atoms with Gasteiger partial charge in [-0.3, -0.25) is 9.48 Å². The molecule has 190 valence electrons. The number of carbonyl (C=O) groups excluding carboxylic acids is 2. The SMILES string of the molecule is Cn1cc(C(=O)N2CCc3cc(Cl)cc([C@@H]4CCCN4C(=O)OC(C)(C)C)c3C2)c(C(F)(F)F)n1. The van der Waals surface area contributed by atoms with Gasteiger partial charge in [-0.2, -0.15) is 18.3 Å². The Kier molecular flexibility index (Phi) is 6.54. The molecule has 1 aromatic heterocycles. The van der Waals surface area contributed by atoms with Crippen LogP contribution in [0.4, 0.5) is 18.0 Å². The molecule has 0 bridgehead atoms. The van der Waals surface area contributed by atoms with Crippen LogP contribution in [-0.4, -0.2) is 50.3 Å². The molecule has 0 unspecified atom stereocenters. The third-order valence-electron chi connectivity index (χ3n) is 6.20. The zero-order valence-electron chi connectivity index (χ0n) is 20.1. The number of fused-ring (bicyclic) bond motifs is 1. The summed E-state index contributed by atoms with van der Waals surface area (Å²) in [7, 11) is 1.35. The van der Waals surface area contributed by atoms with Crippen LogP contribution in [-0.2, 0) is 30.9 Å². The minimum Gasteiger partial charge on any atom is -0.444 e. The molecule has 3 heterocycles. The second kappa shape index (κ2) is 9.04. The van der Waals surface area contributed by atoms with Gasteiger partial charge in [0, 0.05) is 37.9 Å². The number of hydrogen-bond donors (Lipinski definition) is 0. The predicted molar refractivity (Wildman–Crippen MR) is 123 cm³/mol. The Morgan fingerprint density at radius 1 is 1.17 bits per heavy atom. The first kappa shape index (κ1) is 25.3. The molecule has 4 rings (SSSR count). The van der Waals surface area contributed by atoms with Crippen molar-refractivity contribution < 1.29 is 27.5 Å². The van der Waals surface area contributed by atoms with Gasteiger partial charge in [-0.1, -0.05) is 11.6 Å². The molecule has 2 aliphatic rings. The van der Waals surface area contributed by atoms with Crippen molar-refractivity contribution in [2.75, 3.05) is 13.1 Å². The summed E-state index contributed by atoms with van der Waals surface area (Å²) in [6.45, 7) is 6.29. The maximum atomic E-state index is 13.5. The molecule has 11 heteroatoms. The third-order valence-corrected chi connectivity index (χ3v) is 6.41. The number of aryl methyl sites for hydroxylation is 1. The predicted octanol–water partition coefficient (Wildman–Crippen LogP) is 5.36. The van der Waals surface area contributed by atoms with Crippen LogP contribution in [0.25, 0.3) is 0 Å². The monoisotopic (exact) mass is 512 g/mol. The van der Waals surface area contributed by atoms with Crippen molar-refractivity contribution in [1.29, 1.82) is 0 Å². The van der Waals surface area contributed by atoms with E-state index in [1.54, 1.807) is 31.7 Å². The molecular formula is C24H28ClF3N4O3. The van der Waals surface area contributed by atoms with Crippen molar-refractivity contribution >= 4 is 23.6 Å². The zero-order chi connectivity index (χ0) is 25.7.